The van der Waals surface area contributed by atoms with E-state index < -0.39 is 11.1 Å². The van der Waals surface area contributed by atoms with Crippen LogP contribution < -0.4 is 5.32 Å². The molecule has 0 atom stereocenters. The molecule has 0 aliphatic carbocycles. The Hall–Kier alpha value is -1.03. The van der Waals surface area contributed by atoms with Crippen molar-refractivity contribution in [3.05, 3.63) is 39.9 Å². The van der Waals surface area contributed by atoms with E-state index in [1.807, 2.05) is 0 Å². The Kier molecular flexibility index (Phi) is 5.25. The van der Waals surface area contributed by atoms with Gasteiger partial charge in [-0.05, 0) is 51.5 Å². The quantitative estimate of drug-likeness (QED) is 0.833. The molecule has 0 bridgehead atoms. The molecule has 0 radical (unpaired) electrons. The van der Waals surface area contributed by atoms with Gasteiger partial charge in [0.1, 0.15) is 0 Å². The highest BCUT2D eigenvalue weighted by Crippen LogP contribution is 2.23. The Morgan fingerprint density at radius 3 is 2.30 bits per heavy atom. The Balaban J connectivity index is 2.76. The lowest BCUT2D eigenvalue weighted by Crippen LogP contribution is -2.57. The lowest BCUT2D eigenvalue weighted by molar-refractivity contribution is -0.121. The van der Waals surface area contributed by atoms with Gasteiger partial charge in [-0.3, -0.25) is 4.79 Å². The van der Waals surface area contributed by atoms with Gasteiger partial charge >= 0.3 is 0 Å². The maximum atomic E-state index is 11.9. The maximum Gasteiger partial charge on any atom is 0.244 e. The first-order chi connectivity index (χ1) is 9.03. The number of amides is 1. The van der Waals surface area contributed by atoms with Crippen molar-refractivity contribution >= 4 is 35.2 Å². The zero-order valence-electron chi connectivity index (χ0n) is 12.0. The highest BCUT2D eigenvalue weighted by Gasteiger charge is 2.35. The van der Waals surface area contributed by atoms with E-state index in [-0.39, 0.29) is 5.91 Å². The molecule has 0 saturated heterocycles. The Morgan fingerprint density at radius 1 is 1.20 bits per heavy atom. The Bertz CT molecular complexity index is 531. The fourth-order valence-corrected chi connectivity index (χ4v) is 1.60. The van der Waals surface area contributed by atoms with Crippen LogP contribution in [0, 0.1) is 0 Å². The zero-order chi connectivity index (χ0) is 15.6. The molecule has 0 aromatic heterocycles. The van der Waals surface area contributed by atoms with Crippen LogP contribution in [0.2, 0.25) is 10.0 Å². The third-order valence-corrected chi connectivity index (χ3v) is 4.08. The number of hydrogen-bond donors (Lipinski definition) is 2. The predicted molar refractivity (Wildman–Crippen MR) is 84.0 cm³/mol. The van der Waals surface area contributed by atoms with Crippen molar-refractivity contribution in [2.75, 3.05) is 0 Å². The van der Waals surface area contributed by atoms with Gasteiger partial charge in [-0.1, -0.05) is 29.3 Å². The molecule has 0 aliphatic rings. The van der Waals surface area contributed by atoms with Gasteiger partial charge in [-0.25, -0.2) is 0 Å². The average Bonchev–Trinajstić information content (AvgIpc) is 2.28. The van der Waals surface area contributed by atoms with Gasteiger partial charge in [-0.15, -0.1) is 0 Å². The Labute approximate surface area is 129 Å². The maximum absolute atomic E-state index is 11.9. The van der Waals surface area contributed by atoms with Crippen LogP contribution in [0.25, 0.3) is 6.08 Å². The van der Waals surface area contributed by atoms with Gasteiger partial charge in [0.25, 0.3) is 0 Å². The summed E-state index contributed by atoms with van der Waals surface area (Å²) in [4.78, 5) is 11.9. The molecule has 1 aromatic carbocycles. The number of carbonyl (C=O) groups excluding carboxylic acids is 1. The van der Waals surface area contributed by atoms with Crippen LogP contribution in [0.3, 0.4) is 0 Å². The van der Waals surface area contributed by atoms with Gasteiger partial charge in [0.15, 0.2) is 0 Å². The second-order valence-electron chi connectivity index (χ2n) is 5.68. The summed E-state index contributed by atoms with van der Waals surface area (Å²) in [7, 11) is 0. The number of aliphatic hydroxyl groups is 1. The molecular formula is C15H19Cl2NO2. The van der Waals surface area contributed by atoms with E-state index in [2.05, 4.69) is 5.32 Å². The van der Waals surface area contributed by atoms with E-state index >= 15 is 0 Å². The van der Waals surface area contributed by atoms with E-state index in [0.717, 1.165) is 5.56 Å². The summed E-state index contributed by atoms with van der Waals surface area (Å²) in [5, 5.41) is 13.6. The first kappa shape index (κ1) is 17.0. The number of carbonyl (C=O) groups is 1. The predicted octanol–water partition coefficient (Wildman–Crippen LogP) is 3.67. The first-order valence-corrected chi connectivity index (χ1v) is 6.96. The van der Waals surface area contributed by atoms with E-state index in [1.165, 1.54) is 6.08 Å². The molecule has 0 spiro atoms. The summed E-state index contributed by atoms with van der Waals surface area (Å²) in [6, 6.07) is 5.11. The summed E-state index contributed by atoms with van der Waals surface area (Å²) in [6.07, 6.45) is 3.03. The van der Waals surface area contributed by atoms with E-state index in [0.29, 0.717) is 10.0 Å². The van der Waals surface area contributed by atoms with Crippen molar-refractivity contribution in [1.82, 2.24) is 5.32 Å². The molecule has 3 nitrogen and oxygen atoms in total. The Morgan fingerprint density at radius 2 is 1.80 bits per heavy atom. The van der Waals surface area contributed by atoms with Gasteiger partial charge < -0.3 is 10.4 Å². The van der Waals surface area contributed by atoms with Gasteiger partial charge in [0, 0.05) is 6.08 Å². The number of rotatable bonds is 4. The molecule has 0 heterocycles. The summed E-state index contributed by atoms with van der Waals surface area (Å²) in [5.41, 5.74) is -0.998. The van der Waals surface area contributed by atoms with Crippen molar-refractivity contribution in [3.63, 3.8) is 0 Å². The highest BCUT2D eigenvalue weighted by molar-refractivity contribution is 6.42. The molecule has 0 aliphatic heterocycles. The minimum atomic E-state index is -1.03. The molecule has 20 heavy (non-hydrogen) atoms. The minimum Gasteiger partial charge on any atom is -0.388 e. The third kappa shape index (κ3) is 4.51. The highest BCUT2D eigenvalue weighted by atomic mass is 35.5. The third-order valence-electron chi connectivity index (χ3n) is 3.34. The molecule has 0 saturated carbocycles. The van der Waals surface area contributed by atoms with Crippen molar-refractivity contribution < 1.29 is 9.90 Å². The molecule has 2 N–H and O–H groups in total. The lowest BCUT2D eigenvalue weighted by Gasteiger charge is -2.37. The van der Waals surface area contributed by atoms with Crippen LogP contribution in [-0.2, 0) is 4.79 Å². The standard InChI is InChI=1S/C15H19Cl2NO2/c1-14(2,15(3,4)20)18-13(19)8-6-10-5-7-11(16)12(17)9-10/h5-9,20H,1-4H3,(H,18,19)/b8-6+. The van der Waals surface area contributed by atoms with Crippen molar-refractivity contribution in [3.8, 4) is 0 Å². The topological polar surface area (TPSA) is 49.3 Å². The molecule has 0 fully saturated rings. The van der Waals surface area contributed by atoms with Crippen LogP contribution in [0.1, 0.15) is 33.3 Å². The normalized spacial score (nSPS) is 12.8. The summed E-state index contributed by atoms with van der Waals surface area (Å²) >= 11 is 11.7. The van der Waals surface area contributed by atoms with Crippen LogP contribution in [0.4, 0.5) is 0 Å². The van der Waals surface area contributed by atoms with Crippen molar-refractivity contribution in [2.45, 2.75) is 38.8 Å². The largest absolute Gasteiger partial charge is 0.388 e. The van der Waals surface area contributed by atoms with Crippen molar-refractivity contribution in [2.24, 2.45) is 0 Å². The van der Waals surface area contributed by atoms with Crippen LogP contribution in [0.5, 0.6) is 0 Å². The molecule has 110 valence electrons. The van der Waals surface area contributed by atoms with Crippen molar-refractivity contribution in [1.29, 1.82) is 0 Å². The summed E-state index contributed by atoms with van der Waals surface area (Å²) in [6.45, 7) is 6.82. The number of halogens is 2. The molecule has 5 heteroatoms. The molecule has 1 amide bonds. The number of hydrogen-bond acceptors (Lipinski definition) is 2. The minimum absolute atomic E-state index is 0.289. The lowest BCUT2D eigenvalue weighted by atomic mass is 9.86. The first-order valence-electron chi connectivity index (χ1n) is 6.20. The summed E-state index contributed by atoms with van der Waals surface area (Å²) < 4.78 is 0. The van der Waals surface area contributed by atoms with E-state index in [4.69, 9.17) is 23.2 Å². The summed E-state index contributed by atoms with van der Waals surface area (Å²) in [5.74, 6) is -0.289. The van der Waals surface area contributed by atoms with Gasteiger partial charge in [0.2, 0.25) is 5.91 Å². The second kappa shape index (κ2) is 6.17. The smallest absolute Gasteiger partial charge is 0.244 e. The zero-order valence-corrected chi connectivity index (χ0v) is 13.5. The van der Waals surface area contributed by atoms with Gasteiger partial charge in [0.05, 0.1) is 21.2 Å². The molecule has 1 rings (SSSR count). The fraction of sp³-hybridized carbons (Fsp3) is 0.400. The van der Waals surface area contributed by atoms with Crippen LogP contribution in [0.15, 0.2) is 24.3 Å². The van der Waals surface area contributed by atoms with E-state index in [9.17, 15) is 9.90 Å². The monoisotopic (exact) mass is 315 g/mol. The molecule has 0 unspecified atom stereocenters. The number of nitrogens with one attached hydrogen (secondary N) is 1. The van der Waals surface area contributed by atoms with Crippen LogP contribution in [-0.4, -0.2) is 22.2 Å². The van der Waals surface area contributed by atoms with Crippen LogP contribution >= 0.6 is 23.2 Å². The SMILES string of the molecule is CC(C)(O)C(C)(C)NC(=O)/C=C/c1ccc(Cl)c(Cl)c1. The second-order valence-corrected chi connectivity index (χ2v) is 6.49. The van der Waals surface area contributed by atoms with Gasteiger partial charge in [-0.2, -0.15) is 0 Å². The fourth-order valence-electron chi connectivity index (χ4n) is 1.29. The average molecular weight is 316 g/mol. The number of benzene rings is 1. The van der Waals surface area contributed by atoms with E-state index in [1.54, 1.807) is 52.0 Å². The molecular weight excluding hydrogens is 297 g/mol. The molecule has 1 aromatic rings.